The van der Waals surface area contributed by atoms with Gasteiger partial charge in [0.25, 0.3) is 0 Å². The van der Waals surface area contributed by atoms with E-state index in [1.54, 1.807) is 6.92 Å². The Balaban J connectivity index is 2.64. The van der Waals surface area contributed by atoms with Crippen molar-refractivity contribution in [2.45, 2.75) is 31.6 Å². The number of benzene rings is 2. The van der Waals surface area contributed by atoms with Crippen LogP contribution in [0.15, 0.2) is 58.7 Å². The second-order valence-electron chi connectivity index (χ2n) is 6.49. The Kier molecular flexibility index (Phi) is 5.96. The summed E-state index contributed by atoms with van der Waals surface area (Å²) in [6.07, 6.45) is -9.05. The van der Waals surface area contributed by atoms with Gasteiger partial charge in [0.2, 0.25) is 5.96 Å². The third-order valence-corrected chi connectivity index (χ3v) is 4.62. The van der Waals surface area contributed by atoms with Gasteiger partial charge >= 0.3 is 12.4 Å². The van der Waals surface area contributed by atoms with Crippen molar-refractivity contribution in [3.05, 3.63) is 70.8 Å². The number of halogens is 6. The Morgan fingerprint density at radius 1 is 0.655 bits per heavy atom. The van der Waals surface area contributed by atoms with Crippen LogP contribution < -0.4 is 11.5 Å². The largest absolute Gasteiger partial charge is 0.416 e. The monoisotopic (exact) mass is 416 g/mol. The molecule has 0 atom stereocenters. The van der Waals surface area contributed by atoms with Crippen molar-refractivity contribution >= 4 is 11.7 Å². The number of nitrogens with zero attached hydrogens (tertiary/aromatic N) is 2. The Hall–Kier alpha value is -3.04. The van der Waals surface area contributed by atoms with E-state index in [0.29, 0.717) is 11.1 Å². The van der Waals surface area contributed by atoms with Crippen molar-refractivity contribution in [2.75, 3.05) is 0 Å². The maximum Gasteiger partial charge on any atom is 0.416 e. The van der Waals surface area contributed by atoms with Crippen LogP contribution in [0.2, 0.25) is 0 Å². The number of hydrogen-bond donors (Lipinski definition) is 2. The van der Waals surface area contributed by atoms with Crippen LogP contribution in [0.25, 0.3) is 0 Å². The van der Waals surface area contributed by atoms with Gasteiger partial charge in [0.15, 0.2) is 0 Å². The molecule has 0 aliphatic rings. The smallest absolute Gasteiger partial charge is 0.369 e. The average molecular weight is 416 g/mol. The maximum atomic E-state index is 12.9. The predicted molar refractivity (Wildman–Crippen MR) is 98.3 cm³/mol. The lowest BCUT2D eigenvalue weighted by molar-refractivity contribution is -0.138. The fourth-order valence-electron chi connectivity index (χ4n) is 2.80. The quantitative estimate of drug-likeness (QED) is 0.329. The van der Waals surface area contributed by atoms with E-state index in [1.165, 1.54) is 31.2 Å². The number of guanidine groups is 1. The first-order valence-corrected chi connectivity index (χ1v) is 8.25. The van der Waals surface area contributed by atoms with E-state index in [2.05, 4.69) is 10.2 Å². The summed E-state index contributed by atoms with van der Waals surface area (Å²) in [4.78, 5) is 0. The van der Waals surface area contributed by atoms with Crippen LogP contribution in [0.1, 0.15) is 36.1 Å². The molecule has 156 valence electrons. The highest BCUT2D eigenvalue weighted by Gasteiger charge is 2.36. The first-order valence-electron chi connectivity index (χ1n) is 8.25. The molecular weight excluding hydrogens is 398 g/mol. The van der Waals surface area contributed by atoms with Crippen molar-refractivity contribution in [3.63, 3.8) is 0 Å². The molecule has 0 heterocycles. The van der Waals surface area contributed by atoms with E-state index in [-0.39, 0.29) is 11.7 Å². The summed E-state index contributed by atoms with van der Waals surface area (Å²) >= 11 is 0. The molecule has 0 aliphatic heterocycles. The molecule has 2 aromatic rings. The van der Waals surface area contributed by atoms with Gasteiger partial charge in [0.05, 0.1) is 22.3 Å². The van der Waals surface area contributed by atoms with E-state index in [1.807, 2.05) is 0 Å². The van der Waals surface area contributed by atoms with Crippen LogP contribution >= 0.6 is 0 Å². The SMILES string of the molecule is C/C(=N\N=C(N)N)C(C)(c1ccc(C(F)(F)F)cc1)c1ccc(C(F)(F)F)cc1. The minimum Gasteiger partial charge on any atom is -0.369 e. The molecular formula is C19H18F6N4. The van der Waals surface area contributed by atoms with E-state index < -0.39 is 28.9 Å². The molecule has 10 heteroatoms. The van der Waals surface area contributed by atoms with Crippen LogP contribution in [-0.2, 0) is 17.8 Å². The molecule has 0 spiro atoms. The van der Waals surface area contributed by atoms with Gasteiger partial charge in [-0.2, -0.15) is 31.4 Å². The molecule has 0 amide bonds. The molecule has 0 aromatic heterocycles. The zero-order chi connectivity index (χ0) is 22.0. The van der Waals surface area contributed by atoms with Crippen LogP contribution in [0.5, 0.6) is 0 Å². The lowest BCUT2D eigenvalue weighted by Gasteiger charge is -2.31. The van der Waals surface area contributed by atoms with E-state index in [4.69, 9.17) is 11.5 Å². The zero-order valence-electron chi connectivity index (χ0n) is 15.4. The molecule has 29 heavy (non-hydrogen) atoms. The molecule has 0 saturated carbocycles. The highest BCUT2D eigenvalue weighted by Crippen LogP contribution is 2.38. The lowest BCUT2D eigenvalue weighted by atomic mass is 9.72. The molecule has 0 bridgehead atoms. The van der Waals surface area contributed by atoms with E-state index >= 15 is 0 Å². The zero-order valence-corrected chi connectivity index (χ0v) is 15.4. The van der Waals surface area contributed by atoms with Crippen LogP contribution in [-0.4, -0.2) is 11.7 Å². The van der Waals surface area contributed by atoms with Gasteiger partial charge in [-0.15, -0.1) is 5.10 Å². The van der Waals surface area contributed by atoms with E-state index in [9.17, 15) is 26.3 Å². The third kappa shape index (κ3) is 4.87. The fourth-order valence-corrected chi connectivity index (χ4v) is 2.80. The number of hydrogen-bond acceptors (Lipinski definition) is 2. The van der Waals surface area contributed by atoms with Gasteiger partial charge in [-0.25, -0.2) is 0 Å². The molecule has 0 saturated heterocycles. The lowest BCUT2D eigenvalue weighted by Crippen LogP contribution is -2.33. The van der Waals surface area contributed by atoms with Gasteiger partial charge in [0.1, 0.15) is 0 Å². The van der Waals surface area contributed by atoms with Gasteiger partial charge in [0, 0.05) is 0 Å². The highest BCUT2D eigenvalue weighted by molar-refractivity contribution is 5.96. The minimum atomic E-state index is -4.52. The summed E-state index contributed by atoms with van der Waals surface area (Å²) in [5, 5.41) is 7.46. The second-order valence-corrected chi connectivity index (χ2v) is 6.49. The van der Waals surface area contributed by atoms with E-state index in [0.717, 1.165) is 24.3 Å². The molecule has 4 N–H and O–H groups in total. The first kappa shape index (κ1) is 22.3. The second kappa shape index (κ2) is 7.76. The molecule has 4 nitrogen and oxygen atoms in total. The van der Waals surface area contributed by atoms with Crippen molar-refractivity contribution in [2.24, 2.45) is 21.7 Å². The standard InChI is InChI=1S/C19H18F6N4/c1-11(28-29-16(26)27)17(2,12-3-7-14(8-4-12)18(20,21)22)13-5-9-15(10-6-13)19(23,24)25/h3-10H,1-2H3,(H4,26,27,29)/b28-11+. The highest BCUT2D eigenvalue weighted by atomic mass is 19.4. The average Bonchev–Trinajstić information content (AvgIpc) is 2.64. The summed E-state index contributed by atoms with van der Waals surface area (Å²) in [5.41, 5.74) is 8.66. The summed E-state index contributed by atoms with van der Waals surface area (Å²) in [6, 6.07) is 8.56. The summed E-state index contributed by atoms with van der Waals surface area (Å²) in [7, 11) is 0. The topological polar surface area (TPSA) is 76.8 Å². The molecule has 2 aromatic carbocycles. The fraction of sp³-hybridized carbons (Fsp3) is 0.263. The van der Waals surface area contributed by atoms with Crippen molar-refractivity contribution in [1.82, 2.24) is 0 Å². The van der Waals surface area contributed by atoms with Crippen LogP contribution in [0, 0.1) is 0 Å². The van der Waals surface area contributed by atoms with Crippen molar-refractivity contribution in [1.29, 1.82) is 0 Å². The van der Waals surface area contributed by atoms with Gasteiger partial charge in [-0.05, 0) is 49.2 Å². The molecule has 0 aliphatic carbocycles. The van der Waals surface area contributed by atoms with Crippen molar-refractivity contribution in [3.8, 4) is 0 Å². The molecule has 0 unspecified atom stereocenters. The number of alkyl halides is 6. The number of rotatable bonds is 4. The summed E-state index contributed by atoms with van der Waals surface area (Å²) in [6.45, 7) is 3.14. The number of nitrogens with two attached hydrogens (primary N) is 2. The van der Waals surface area contributed by atoms with Crippen molar-refractivity contribution < 1.29 is 26.3 Å². The predicted octanol–water partition coefficient (Wildman–Crippen LogP) is 4.68. The normalized spacial score (nSPS) is 13.3. The summed E-state index contributed by atoms with van der Waals surface area (Å²) in [5.74, 6) is -0.341. The van der Waals surface area contributed by atoms with Gasteiger partial charge in [-0.1, -0.05) is 24.3 Å². The van der Waals surface area contributed by atoms with Crippen LogP contribution in [0.3, 0.4) is 0 Å². The molecule has 0 fully saturated rings. The molecule has 2 rings (SSSR count). The maximum absolute atomic E-state index is 12.9. The Labute approximate surface area is 162 Å². The minimum absolute atomic E-state index is 0.269. The van der Waals surface area contributed by atoms with Crippen LogP contribution in [0.4, 0.5) is 26.3 Å². The third-order valence-electron chi connectivity index (χ3n) is 4.62. The Morgan fingerprint density at radius 3 is 1.24 bits per heavy atom. The van der Waals surface area contributed by atoms with Gasteiger partial charge < -0.3 is 11.5 Å². The Bertz CT molecular complexity index is 848. The molecule has 0 radical (unpaired) electrons. The van der Waals surface area contributed by atoms with Gasteiger partial charge in [-0.3, -0.25) is 0 Å². The first-order chi connectivity index (χ1) is 13.3. The Morgan fingerprint density at radius 2 is 0.966 bits per heavy atom. The summed E-state index contributed by atoms with van der Waals surface area (Å²) < 4.78 is 77.3.